The van der Waals surface area contributed by atoms with Gasteiger partial charge in [0.25, 0.3) is 37.8 Å². The molecule has 28 nitrogen and oxygen atoms in total. The third-order valence-electron chi connectivity index (χ3n) is 11.2. The molecule has 0 atom stereocenters. The third kappa shape index (κ3) is 19.8. The molecule has 88 heavy (non-hydrogen) atoms. The van der Waals surface area contributed by atoms with Crippen LogP contribution in [0.3, 0.4) is 0 Å². The molecule has 3 amide bonds. The zero-order chi connectivity index (χ0) is 62.9. The van der Waals surface area contributed by atoms with Crippen molar-refractivity contribution in [3.8, 4) is 23.5 Å². The molecule has 7 N–H and O–H groups in total. The minimum Gasteiger partial charge on any atom is -0.477 e. The van der Waals surface area contributed by atoms with Crippen LogP contribution < -0.4 is 25.4 Å². The van der Waals surface area contributed by atoms with Crippen molar-refractivity contribution in [1.29, 1.82) is 10.5 Å². The highest BCUT2D eigenvalue weighted by Crippen LogP contribution is 2.18. The normalized spacial score (nSPS) is 10.5. The van der Waals surface area contributed by atoms with E-state index in [-0.39, 0.29) is 73.5 Å². The Bertz CT molecular complexity index is 4350. The summed E-state index contributed by atoms with van der Waals surface area (Å²) in [6, 6.07) is 45.9. The number of carbonyl (C=O) groups excluding carboxylic acids is 3. The number of tetrazole rings is 1. The molecule has 0 aliphatic rings. The molecule has 0 unspecified atom stereocenters. The van der Waals surface area contributed by atoms with Gasteiger partial charge in [0.1, 0.15) is 64.3 Å². The molecule has 0 saturated heterocycles. The molecular weight excluding hydrogens is 1220 g/mol. The maximum Gasteiger partial charge on any atom is 0.354 e. The second-order valence-electron chi connectivity index (χ2n) is 17.3. The van der Waals surface area contributed by atoms with Crippen molar-refractivity contribution < 1.29 is 41.1 Å². The van der Waals surface area contributed by atoms with Crippen molar-refractivity contribution >= 4 is 78.6 Å². The average Bonchev–Trinajstić information content (AvgIpc) is 3.97. The van der Waals surface area contributed by atoms with Crippen LogP contribution in [0.15, 0.2) is 193 Å². The van der Waals surface area contributed by atoms with E-state index >= 15 is 0 Å². The quantitative estimate of drug-likeness (QED) is 0.0497. The van der Waals surface area contributed by atoms with E-state index in [1.54, 1.807) is 84.9 Å². The second-order valence-corrected chi connectivity index (χ2v) is 21.4. The van der Waals surface area contributed by atoms with Crippen molar-refractivity contribution in [2.45, 2.75) is 29.4 Å². The van der Waals surface area contributed by atoms with Gasteiger partial charge in [-0.05, 0) is 70.4 Å². The van der Waals surface area contributed by atoms with Gasteiger partial charge >= 0.3 is 5.97 Å². The standard InChI is InChI=1S/C19H16N8O3S.C19H15N5O3S.C13H9ClN4O.C5H3ClN2O2/c28-19(20-11-13-6-8-14(9-7-13)18-23-26-27-24-18)16-10-17(22-12-21-16)25-31(29,30)15-4-2-1-3-5-15;20-11-14-6-8-15(9-7-14)12-21-19(25)17-10-18(23-13-22-17)24-28(26,27)16-4-2-1-3-5-16;14-12-5-11(17-8-18-12)13(19)16-7-10-3-1-9(6-15)2-4-10;6-4-1-3(5(9)10)7-2-8-4/h1-10,12H,11H2,(H,20,28)(H,21,22,25)(H,23,24,26,27);1-10,13H,12H2,(H,21,25)(H,22,23,24);1-5,8H,7H2,(H,16,19);1-2H,(H,9,10). The number of sulfonamides is 2. The summed E-state index contributed by atoms with van der Waals surface area (Å²) in [5, 5.41) is 48.0. The molecule has 5 heterocycles. The average molecular weight is 1260 g/mol. The van der Waals surface area contributed by atoms with Crippen molar-refractivity contribution in [3.05, 3.63) is 244 Å². The first-order valence-corrected chi connectivity index (χ1v) is 28.7. The number of nitriles is 2. The Morgan fingerprint density at radius 3 is 1.19 bits per heavy atom. The van der Waals surface area contributed by atoms with Gasteiger partial charge in [0.2, 0.25) is 5.82 Å². The molecule has 32 heteroatoms. The fourth-order valence-electron chi connectivity index (χ4n) is 6.84. The zero-order valence-corrected chi connectivity index (χ0v) is 48.2. The van der Waals surface area contributed by atoms with Crippen LogP contribution in [-0.4, -0.2) is 106 Å². The number of anilines is 2. The number of hydrogen-bond donors (Lipinski definition) is 7. The van der Waals surface area contributed by atoms with Crippen molar-refractivity contribution in [2.24, 2.45) is 0 Å². The summed E-state index contributed by atoms with van der Waals surface area (Å²) in [6.07, 6.45) is 4.57. The molecular formula is C56H43Cl2N19O9S2. The van der Waals surface area contributed by atoms with Gasteiger partial charge in [-0.2, -0.15) is 15.7 Å². The van der Waals surface area contributed by atoms with Crippen LogP contribution >= 0.6 is 23.2 Å². The summed E-state index contributed by atoms with van der Waals surface area (Å²) >= 11 is 11.1. The van der Waals surface area contributed by atoms with E-state index in [0.717, 1.165) is 41.2 Å². The summed E-state index contributed by atoms with van der Waals surface area (Å²) < 4.78 is 54.2. The highest BCUT2D eigenvalue weighted by atomic mass is 35.5. The highest BCUT2D eigenvalue weighted by molar-refractivity contribution is 7.93. The molecule has 0 aliphatic heterocycles. The minimum absolute atomic E-state index is 0.00605. The van der Waals surface area contributed by atoms with Gasteiger partial charge in [-0.15, -0.1) is 10.2 Å². The van der Waals surface area contributed by atoms with Gasteiger partial charge in [0.15, 0.2) is 5.69 Å². The van der Waals surface area contributed by atoms with E-state index in [2.05, 4.69) is 85.9 Å². The van der Waals surface area contributed by atoms with Crippen LogP contribution in [0.2, 0.25) is 10.3 Å². The number of aromatic nitrogens is 12. The number of amides is 3. The molecule has 5 aromatic carbocycles. The number of benzene rings is 5. The molecule has 0 fully saturated rings. The van der Waals surface area contributed by atoms with Gasteiger partial charge < -0.3 is 21.1 Å². The fourth-order valence-corrected chi connectivity index (χ4v) is 9.18. The van der Waals surface area contributed by atoms with Crippen LogP contribution in [-0.2, 0) is 39.7 Å². The van der Waals surface area contributed by atoms with E-state index in [1.807, 2.05) is 36.4 Å². The smallest absolute Gasteiger partial charge is 0.354 e. The predicted molar refractivity (Wildman–Crippen MR) is 315 cm³/mol. The molecule has 10 rings (SSSR count). The number of halogens is 2. The first-order valence-electron chi connectivity index (χ1n) is 25.0. The lowest BCUT2D eigenvalue weighted by atomic mass is 10.1. The monoisotopic (exact) mass is 1260 g/mol. The van der Waals surface area contributed by atoms with Crippen LogP contribution in [0, 0.1) is 22.7 Å². The summed E-state index contributed by atoms with van der Waals surface area (Å²) in [5.41, 5.74) is 4.62. The minimum atomic E-state index is -3.82. The lowest BCUT2D eigenvalue weighted by Crippen LogP contribution is -2.24. The Balaban J connectivity index is 0.000000178. The number of carboxylic acids is 1. The van der Waals surface area contributed by atoms with E-state index in [9.17, 15) is 36.0 Å². The topological polar surface area (TPSA) is 422 Å². The molecule has 5 aromatic heterocycles. The number of rotatable bonds is 17. The summed E-state index contributed by atoms with van der Waals surface area (Å²) in [6.45, 7) is 0.840. The van der Waals surface area contributed by atoms with Crippen LogP contribution in [0.4, 0.5) is 11.6 Å². The van der Waals surface area contributed by atoms with Crippen molar-refractivity contribution in [2.75, 3.05) is 9.44 Å². The third-order valence-corrected chi connectivity index (χ3v) is 14.3. The Labute approximate surface area is 510 Å². The van der Waals surface area contributed by atoms with Crippen LogP contribution in [0.1, 0.15) is 69.8 Å². The Hall–Kier alpha value is -11.6. The number of carbonyl (C=O) groups is 4. The van der Waals surface area contributed by atoms with Gasteiger partial charge in [-0.1, -0.05) is 108 Å². The molecule has 0 aliphatic carbocycles. The number of aromatic carboxylic acids is 1. The predicted octanol–water partition coefficient (Wildman–Crippen LogP) is 6.23. The van der Waals surface area contributed by atoms with Gasteiger partial charge in [-0.3, -0.25) is 23.8 Å². The van der Waals surface area contributed by atoms with Crippen LogP contribution in [0.25, 0.3) is 11.4 Å². The Kier molecular flexibility index (Phi) is 22.8. The summed E-state index contributed by atoms with van der Waals surface area (Å²) in [4.78, 5) is 76.9. The first kappa shape index (κ1) is 64.0. The Morgan fingerprint density at radius 1 is 0.477 bits per heavy atom. The molecule has 0 spiro atoms. The van der Waals surface area contributed by atoms with E-state index in [1.165, 1.54) is 54.9 Å². The number of H-pyrrole nitrogens is 1. The molecule has 10 aromatic rings. The number of carboxylic acid groups (broad SMARTS) is 1. The SMILES string of the molecule is N#Cc1ccc(CNC(=O)c2cc(Cl)ncn2)cc1.N#Cc1ccc(CNC(=O)c2cc(NS(=O)(=O)c3ccccc3)ncn2)cc1.O=C(NCc1ccc(-c2nn[nH]n2)cc1)c1cc(NS(=O)(=O)c2ccccc2)ncn1.O=C(O)c1cc(Cl)ncn1. The maximum atomic E-state index is 12.4. The largest absolute Gasteiger partial charge is 0.477 e. The Morgan fingerprint density at radius 2 is 0.841 bits per heavy atom. The van der Waals surface area contributed by atoms with E-state index in [4.69, 9.17) is 38.8 Å². The van der Waals surface area contributed by atoms with Crippen molar-refractivity contribution in [3.63, 3.8) is 0 Å². The van der Waals surface area contributed by atoms with Crippen molar-refractivity contribution in [1.82, 2.24) is 76.4 Å². The van der Waals surface area contributed by atoms with Gasteiger partial charge in [0.05, 0.1) is 33.1 Å². The molecule has 442 valence electrons. The lowest BCUT2D eigenvalue weighted by Gasteiger charge is -2.09. The first-order chi connectivity index (χ1) is 42.4. The molecule has 0 bridgehead atoms. The zero-order valence-electron chi connectivity index (χ0n) is 45.0. The fraction of sp³-hybridized carbons (Fsp3) is 0.0536. The lowest BCUT2D eigenvalue weighted by molar-refractivity contribution is 0.0689. The number of aromatic amines is 1. The van der Waals surface area contributed by atoms with Gasteiger partial charge in [-0.25, -0.2) is 61.5 Å². The van der Waals surface area contributed by atoms with E-state index < -0.39 is 37.8 Å². The summed E-state index contributed by atoms with van der Waals surface area (Å²) in [7, 11) is -7.64. The number of hydrogen-bond acceptors (Lipinski definition) is 21. The highest BCUT2D eigenvalue weighted by Gasteiger charge is 2.18. The number of nitrogens with zero attached hydrogens (tertiary/aromatic N) is 13. The van der Waals surface area contributed by atoms with Gasteiger partial charge in [0, 0.05) is 49.5 Å². The molecule has 0 radical (unpaired) electrons. The second kappa shape index (κ2) is 31.4. The number of nitrogens with one attached hydrogen (secondary N) is 6. The van der Waals surface area contributed by atoms with E-state index in [0.29, 0.717) is 23.5 Å². The molecule has 0 saturated carbocycles. The maximum absolute atomic E-state index is 12.4. The summed E-state index contributed by atoms with van der Waals surface area (Å²) in [5.74, 6) is -1.92. The van der Waals surface area contributed by atoms with Crippen LogP contribution in [0.5, 0.6) is 0 Å².